The molecular weight excluding hydrogens is 248 g/mol. The number of nitrogens with zero attached hydrogens (tertiary/aromatic N) is 1. The molecule has 1 aromatic rings. The Morgan fingerprint density at radius 2 is 2.05 bits per heavy atom. The van der Waals surface area contributed by atoms with Crippen molar-refractivity contribution in [2.24, 2.45) is 0 Å². The predicted octanol–water partition coefficient (Wildman–Crippen LogP) is -0.419. The van der Waals surface area contributed by atoms with Gasteiger partial charge in [-0.15, -0.1) is 0 Å². The molecule has 19 heavy (non-hydrogen) atoms. The smallest absolute Gasteiger partial charge is 0.314 e. The number of anilines is 1. The highest BCUT2D eigenvalue weighted by Crippen LogP contribution is 2.03. The van der Waals surface area contributed by atoms with Crippen LogP contribution in [-0.4, -0.2) is 36.3 Å². The van der Waals surface area contributed by atoms with Gasteiger partial charge in [0.2, 0.25) is 6.41 Å². The lowest BCUT2D eigenvalue weighted by Gasteiger charge is -2.06. The second-order valence-electron chi connectivity index (χ2n) is 3.80. The highest BCUT2D eigenvalue weighted by atomic mass is 16.2. The van der Waals surface area contributed by atoms with E-state index < -0.39 is 11.8 Å². The summed E-state index contributed by atoms with van der Waals surface area (Å²) >= 11 is 0. The van der Waals surface area contributed by atoms with Crippen molar-refractivity contribution in [3.05, 3.63) is 23.9 Å². The van der Waals surface area contributed by atoms with E-state index in [1.807, 2.05) is 0 Å². The molecule has 0 aliphatic carbocycles. The molecule has 0 spiro atoms. The van der Waals surface area contributed by atoms with Crippen LogP contribution in [0.5, 0.6) is 0 Å². The summed E-state index contributed by atoms with van der Waals surface area (Å²) < 4.78 is 0. The van der Waals surface area contributed by atoms with Crippen LogP contribution in [0.15, 0.2) is 18.2 Å². The van der Waals surface area contributed by atoms with Crippen molar-refractivity contribution in [1.29, 1.82) is 0 Å². The van der Waals surface area contributed by atoms with Gasteiger partial charge in [-0.3, -0.25) is 14.4 Å². The Hall–Kier alpha value is -2.44. The van der Waals surface area contributed by atoms with Gasteiger partial charge < -0.3 is 16.0 Å². The Bertz CT molecular complexity index is 462. The van der Waals surface area contributed by atoms with E-state index in [1.54, 1.807) is 25.1 Å². The van der Waals surface area contributed by atoms with Crippen molar-refractivity contribution >= 4 is 24.0 Å². The zero-order valence-electron chi connectivity index (χ0n) is 10.6. The Morgan fingerprint density at radius 1 is 1.26 bits per heavy atom. The van der Waals surface area contributed by atoms with Crippen LogP contribution in [0, 0.1) is 6.92 Å². The molecule has 7 heteroatoms. The molecule has 0 aromatic carbocycles. The molecule has 1 rings (SSSR count). The number of rotatable bonds is 6. The molecule has 1 aromatic heterocycles. The summed E-state index contributed by atoms with van der Waals surface area (Å²) in [6.45, 7) is 2.55. The average Bonchev–Trinajstić information content (AvgIpc) is 2.38. The fourth-order valence-electron chi connectivity index (χ4n) is 1.32. The summed E-state index contributed by atoms with van der Waals surface area (Å²) in [5.41, 5.74) is 0.748. The van der Waals surface area contributed by atoms with Gasteiger partial charge in [0.15, 0.2) is 0 Å². The van der Waals surface area contributed by atoms with Crippen molar-refractivity contribution in [2.45, 2.75) is 13.3 Å². The summed E-state index contributed by atoms with van der Waals surface area (Å²) in [5, 5.41) is 7.30. The number of aromatic nitrogens is 1. The van der Waals surface area contributed by atoms with E-state index >= 15 is 0 Å². The summed E-state index contributed by atoms with van der Waals surface area (Å²) in [7, 11) is 0. The minimum Gasteiger partial charge on any atom is -0.359 e. The molecule has 0 atom stereocenters. The molecule has 0 radical (unpaired) electrons. The van der Waals surface area contributed by atoms with Crippen LogP contribution in [0.3, 0.4) is 0 Å². The number of carbonyl (C=O) groups excluding carboxylic acids is 3. The Morgan fingerprint density at radius 3 is 2.74 bits per heavy atom. The fraction of sp³-hybridized carbons (Fsp3) is 0.333. The first-order chi connectivity index (χ1) is 9.13. The molecule has 0 fully saturated rings. The van der Waals surface area contributed by atoms with Crippen LogP contribution in [-0.2, 0) is 14.4 Å². The molecule has 0 aliphatic rings. The second kappa shape index (κ2) is 7.80. The summed E-state index contributed by atoms with van der Waals surface area (Å²) in [5.74, 6) is -1.15. The lowest BCUT2D eigenvalue weighted by atomic mass is 10.3. The van der Waals surface area contributed by atoms with E-state index in [2.05, 4.69) is 20.9 Å². The predicted molar refractivity (Wildman–Crippen MR) is 69.3 cm³/mol. The van der Waals surface area contributed by atoms with E-state index in [0.717, 1.165) is 5.69 Å². The van der Waals surface area contributed by atoms with Gasteiger partial charge in [0, 0.05) is 18.8 Å². The Labute approximate surface area is 110 Å². The quantitative estimate of drug-likeness (QED) is 0.369. The Kier molecular flexibility index (Phi) is 6.00. The van der Waals surface area contributed by atoms with E-state index in [9.17, 15) is 14.4 Å². The van der Waals surface area contributed by atoms with Gasteiger partial charge in [-0.05, 0) is 25.5 Å². The molecule has 0 aliphatic heterocycles. The van der Waals surface area contributed by atoms with Gasteiger partial charge in [0.05, 0.1) is 0 Å². The third-order valence-electron chi connectivity index (χ3n) is 2.20. The maximum Gasteiger partial charge on any atom is 0.314 e. The molecule has 0 saturated carbocycles. The van der Waals surface area contributed by atoms with Crippen LogP contribution < -0.4 is 16.0 Å². The van der Waals surface area contributed by atoms with Gasteiger partial charge in [0.25, 0.3) is 0 Å². The van der Waals surface area contributed by atoms with E-state index in [0.29, 0.717) is 31.7 Å². The summed E-state index contributed by atoms with van der Waals surface area (Å²) in [4.78, 5) is 37.0. The number of amides is 3. The largest absolute Gasteiger partial charge is 0.359 e. The highest BCUT2D eigenvalue weighted by molar-refractivity contribution is 6.39. The molecule has 102 valence electrons. The zero-order chi connectivity index (χ0) is 14.1. The SMILES string of the molecule is Cc1cccc(NC(=O)C(=O)NCCCNC=O)n1. The maximum absolute atomic E-state index is 11.5. The van der Waals surface area contributed by atoms with E-state index in [-0.39, 0.29) is 0 Å². The fourth-order valence-corrected chi connectivity index (χ4v) is 1.32. The Balaban J connectivity index is 2.32. The third-order valence-corrected chi connectivity index (χ3v) is 2.20. The van der Waals surface area contributed by atoms with E-state index in [1.165, 1.54) is 0 Å². The topological polar surface area (TPSA) is 100 Å². The third kappa shape index (κ3) is 5.62. The molecule has 7 nitrogen and oxygen atoms in total. The monoisotopic (exact) mass is 264 g/mol. The number of hydrogen-bond donors (Lipinski definition) is 3. The first-order valence-electron chi connectivity index (χ1n) is 5.83. The molecule has 1 heterocycles. The first-order valence-corrected chi connectivity index (χ1v) is 5.83. The number of pyridine rings is 1. The number of nitrogens with one attached hydrogen (secondary N) is 3. The first kappa shape index (κ1) is 14.6. The second-order valence-corrected chi connectivity index (χ2v) is 3.80. The molecule has 0 unspecified atom stereocenters. The van der Waals surface area contributed by atoms with Gasteiger partial charge in [-0.2, -0.15) is 0 Å². The maximum atomic E-state index is 11.5. The van der Waals surface area contributed by atoms with Crippen LogP contribution in [0.1, 0.15) is 12.1 Å². The molecular formula is C12H16N4O3. The standard InChI is InChI=1S/C12H16N4O3/c1-9-4-2-5-10(15-9)16-12(19)11(18)14-7-3-6-13-8-17/h2,4-5,8H,3,6-7H2,1H3,(H,13,17)(H,14,18)(H,15,16,19). The van der Waals surface area contributed by atoms with Crippen LogP contribution in [0.25, 0.3) is 0 Å². The summed E-state index contributed by atoms with van der Waals surface area (Å²) in [6.07, 6.45) is 1.14. The lowest BCUT2D eigenvalue weighted by molar-refractivity contribution is -0.136. The van der Waals surface area contributed by atoms with Gasteiger partial charge in [-0.25, -0.2) is 4.98 Å². The lowest BCUT2D eigenvalue weighted by Crippen LogP contribution is -2.36. The van der Waals surface area contributed by atoms with Gasteiger partial charge in [0.1, 0.15) is 5.82 Å². The van der Waals surface area contributed by atoms with Crippen molar-refractivity contribution < 1.29 is 14.4 Å². The minimum atomic E-state index is -0.763. The molecule has 0 bridgehead atoms. The number of hydrogen-bond acceptors (Lipinski definition) is 4. The van der Waals surface area contributed by atoms with Crippen molar-refractivity contribution in [3.63, 3.8) is 0 Å². The van der Waals surface area contributed by atoms with Gasteiger partial charge in [-0.1, -0.05) is 6.07 Å². The van der Waals surface area contributed by atoms with Crippen molar-refractivity contribution in [2.75, 3.05) is 18.4 Å². The van der Waals surface area contributed by atoms with Crippen molar-refractivity contribution in [3.8, 4) is 0 Å². The van der Waals surface area contributed by atoms with Crippen molar-refractivity contribution in [1.82, 2.24) is 15.6 Å². The van der Waals surface area contributed by atoms with Gasteiger partial charge >= 0.3 is 11.8 Å². The molecule has 0 saturated heterocycles. The number of aryl methyl sites for hydroxylation is 1. The number of carbonyl (C=O) groups is 3. The van der Waals surface area contributed by atoms with Crippen LogP contribution in [0.2, 0.25) is 0 Å². The normalized spacial score (nSPS) is 9.53. The van der Waals surface area contributed by atoms with Crippen LogP contribution in [0.4, 0.5) is 5.82 Å². The molecule has 3 N–H and O–H groups in total. The summed E-state index contributed by atoms with van der Waals surface area (Å²) in [6, 6.07) is 5.13. The zero-order valence-corrected chi connectivity index (χ0v) is 10.6. The van der Waals surface area contributed by atoms with E-state index in [4.69, 9.17) is 0 Å². The van der Waals surface area contributed by atoms with Crippen LogP contribution >= 0.6 is 0 Å². The highest BCUT2D eigenvalue weighted by Gasteiger charge is 2.13. The minimum absolute atomic E-state index is 0.314. The molecule has 3 amide bonds. The average molecular weight is 264 g/mol.